The molecule has 0 spiro atoms. The molecule has 2 unspecified atom stereocenters. The molecular formula is C18H17Cl2NO. The molecule has 22 heavy (non-hydrogen) atoms. The van der Waals surface area contributed by atoms with E-state index in [-0.39, 0.29) is 17.7 Å². The summed E-state index contributed by atoms with van der Waals surface area (Å²) in [7, 11) is 0. The average Bonchev–Trinajstić information content (AvgIpc) is 3.28. The number of benzene rings is 2. The van der Waals surface area contributed by atoms with E-state index in [1.807, 2.05) is 48.5 Å². The molecule has 1 fully saturated rings. The van der Waals surface area contributed by atoms with Crippen molar-refractivity contribution in [2.24, 2.45) is 5.92 Å². The average molecular weight is 334 g/mol. The fourth-order valence-corrected chi connectivity index (χ4v) is 3.25. The molecule has 2 aromatic carbocycles. The summed E-state index contributed by atoms with van der Waals surface area (Å²) in [4.78, 5) is 12.2. The van der Waals surface area contributed by atoms with Crippen LogP contribution in [-0.2, 0) is 11.2 Å². The van der Waals surface area contributed by atoms with Crippen molar-refractivity contribution in [2.45, 2.75) is 18.8 Å². The zero-order chi connectivity index (χ0) is 15.5. The third-order valence-electron chi connectivity index (χ3n) is 4.03. The predicted molar refractivity (Wildman–Crippen MR) is 90.5 cm³/mol. The summed E-state index contributed by atoms with van der Waals surface area (Å²) in [6, 6.07) is 15.5. The van der Waals surface area contributed by atoms with Crippen molar-refractivity contribution >= 4 is 29.1 Å². The number of carbonyl (C=O) groups is 1. The first kappa shape index (κ1) is 15.4. The lowest BCUT2D eigenvalue weighted by atomic mass is 10.1. The van der Waals surface area contributed by atoms with Crippen LogP contribution in [0, 0.1) is 5.92 Å². The van der Waals surface area contributed by atoms with Crippen molar-refractivity contribution in [3.63, 3.8) is 0 Å². The summed E-state index contributed by atoms with van der Waals surface area (Å²) in [5.74, 6) is 0.436. The van der Waals surface area contributed by atoms with Crippen LogP contribution in [0.5, 0.6) is 0 Å². The first-order chi connectivity index (χ1) is 10.6. The number of nitrogens with one attached hydrogen (secondary N) is 1. The summed E-state index contributed by atoms with van der Waals surface area (Å²) in [6.07, 6.45) is 1.67. The lowest BCUT2D eigenvalue weighted by molar-refractivity contribution is -0.122. The van der Waals surface area contributed by atoms with Gasteiger partial charge in [0.05, 0.1) is 0 Å². The molecule has 2 aromatic rings. The summed E-state index contributed by atoms with van der Waals surface area (Å²) in [5.41, 5.74) is 2.21. The molecule has 0 saturated heterocycles. The lowest BCUT2D eigenvalue weighted by Crippen LogP contribution is -2.27. The van der Waals surface area contributed by atoms with Crippen molar-refractivity contribution in [3.05, 3.63) is 69.7 Å². The molecule has 3 rings (SSSR count). The molecule has 4 heteroatoms. The van der Waals surface area contributed by atoms with Crippen LogP contribution in [0.25, 0.3) is 0 Å². The predicted octanol–water partition coefficient (Wildman–Crippen LogP) is 4.46. The molecule has 1 amide bonds. The Kier molecular flexibility index (Phi) is 4.70. The van der Waals surface area contributed by atoms with E-state index in [9.17, 15) is 4.79 Å². The second-order valence-corrected chi connectivity index (χ2v) is 6.48. The van der Waals surface area contributed by atoms with Crippen LogP contribution < -0.4 is 5.32 Å². The minimum Gasteiger partial charge on any atom is -0.356 e. The van der Waals surface area contributed by atoms with Gasteiger partial charge in [-0.2, -0.15) is 0 Å². The summed E-state index contributed by atoms with van der Waals surface area (Å²) >= 11 is 12.1. The highest BCUT2D eigenvalue weighted by Crippen LogP contribution is 2.49. The van der Waals surface area contributed by atoms with Gasteiger partial charge in [0.25, 0.3) is 0 Å². The molecule has 0 radical (unpaired) electrons. The van der Waals surface area contributed by atoms with Crippen LogP contribution in [0.3, 0.4) is 0 Å². The van der Waals surface area contributed by atoms with Gasteiger partial charge in [-0.1, -0.05) is 53.5 Å². The Morgan fingerprint density at radius 1 is 1.14 bits per heavy atom. The van der Waals surface area contributed by atoms with Gasteiger partial charge in [0.1, 0.15) is 0 Å². The van der Waals surface area contributed by atoms with Gasteiger partial charge in [0.2, 0.25) is 5.91 Å². The van der Waals surface area contributed by atoms with Crippen LogP contribution in [0.1, 0.15) is 23.5 Å². The number of halogens is 2. The van der Waals surface area contributed by atoms with Gasteiger partial charge in [-0.15, -0.1) is 0 Å². The van der Waals surface area contributed by atoms with Crippen molar-refractivity contribution in [1.29, 1.82) is 0 Å². The molecule has 2 nitrogen and oxygen atoms in total. The number of rotatable bonds is 5. The zero-order valence-electron chi connectivity index (χ0n) is 12.1. The van der Waals surface area contributed by atoms with Gasteiger partial charge in [-0.05, 0) is 48.1 Å². The van der Waals surface area contributed by atoms with Crippen LogP contribution in [0.2, 0.25) is 10.0 Å². The minimum atomic E-state index is 0.0549. The third-order valence-corrected chi connectivity index (χ3v) is 4.61. The molecule has 0 aromatic heterocycles. The molecule has 0 bridgehead atoms. The van der Waals surface area contributed by atoms with Gasteiger partial charge in [-0.3, -0.25) is 4.79 Å². The highest BCUT2D eigenvalue weighted by molar-refractivity contribution is 6.31. The maximum absolute atomic E-state index is 12.2. The van der Waals surface area contributed by atoms with E-state index in [0.29, 0.717) is 6.54 Å². The molecule has 1 N–H and O–H groups in total. The topological polar surface area (TPSA) is 29.1 Å². The van der Waals surface area contributed by atoms with Crippen LogP contribution in [0.15, 0.2) is 48.5 Å². The van der Waals surface area contributed by atoms with E-state index in [0.717, 1.165) is 34.0 Å². The van der Waals surface area contributed by atoms with Crippen LogP contribution in [-0.4, -0.2) is 12.5 Å². The highest BCUT2D eigenvalue weighted by Gasteiger charge is 2.44. The highest BCUT2D eigenvalue weighted by atomic mass is 35.5. The van der Waals surface area contributed by atoms with Gasteiger partial charge in [0, 0.05) is 22.5 Å². The standard InChI is InChI=1S/C18H17Cl2NO/c19-13-5-3-4-12(10-13)8-9-21-18(22)16-11-15(16)14-6-1-2-7-17(14)20/h1-7,10,15-16H,8-9,11H2,(H,21,22). The monoisotopic (exact) mass is 333 g/mol. The van der Waals surface area contributed by atoms with E-state index >= 15 is 0 Å². The van der Waals surface area contributed by atoms with E-state index in [2.05, 4.69) is 5.32 Å². The first-order valence-electron chi connectivity index (χ1n) is 7.42. The van der Waals surface area contributed by atoms with E-state index in [4.69, 9.17) is 23.2 Å². The van der Waals surface area contributed by atoms with E-state index in [1.165, 1.54) is 0 Å². The Morgan fingerprint density at radius 3 is 2.73 bits per heavy atom. The molecular weight excluding hydrogens is 317 g/mol. The Morgan fingerprint density at radius 2 is 1.95 bits per heavy atom. The minimum absolute atomic E-state index is 0.0549. The normalized spacial score (nSPS) is 19.7. The van der Waals surface area contributed by atoms with Crippen molar-refractivity contribution in [3.8, 4) is 0 Å². The third kappa shape index (κ3) is 3.63. The quantitative estimate of drug-likeness (QED) is 0.860. The summed E-state index contributed by atoms with van der Waals surface area (Å²) in [5, 5.41) is 4.48. The molecule has 0 heterocycles. The molecule has 1 aliphatic rings. The summed E-state index contributed by atoms with van der Waals surface area (Å²) in [6.45, 7) is 0.630. The second kappa shape index (κ2) is 6.72. The van der Waals surface area contributed by atoms with Gasteiger partial charge >= 0.3 is 0 Å². The first-order valence-corrected chi connectivity index (χ1v) is 8.17. The number of hydrogen-bond acceptors (Lipinski definition) is 1. The number of hydrogen-bond donors (Lipinski definition) is 1. The number of carbonyl (C=O) groups excluding carboxylic acids is 1. The molecule has 0 aliphatic heterocycles. The van der Waals surface area contributed by atoms with Crippen molar-refractivity contribution in [1.82, 2.24) is 5.32 Å². The number of amides is 1. The van der Waals surface area contributed by atoms with Gasteiger partial charge < -0.3 is 5.32 Å². The van der Waals surface area contributed by atoms with E-state index in [1.54, 1.807) is 0 Å². The maximum atomic E-state index is 12.2. The Balaban J connectivity index is 1.49. The molecule has 1 saturated carbocycles. The van der Waals surface area contributed by atoms with Gasteiger partial charge in [0.15, 0.2) is 0 Å². The zero-order valence-corrected chi connectivity index (χ0v) is 13.6. The van der Waals surface area contributed by atoms with Gasteiger partial charge in [-0.25, -0.2) is 0 Å². The smallest absolute Gasteiger partial charge is 0.223 e. The lowest BCUT2D eigenvalue weighted by Gasteiger charge is -2.06. The van der Waals surface area contributed by atoms with Crippen molar-refractivity contribution < 1.29 is 4.79 Å². The second-order valence-electron chi connectivity index (χ2n) is 5.64. The van der Waals surface area contributed by atoms with E-state index < -0.39 is 0 Å². The summed E-state index contributed by atoms with van der Waals surface area (Å²) < 4.78 is 0. The Labute approximate surface area is 140 Å². The SMILES string of the molecule is O=C(NCCc1cccc(Cl)c1)C1CC1c1ccccc1Cl. The van der Waals surface area contributed by atoms with Crippen LogP contribution in [0.4, 0.5) is 0 Å². The van der Waals surface area contributed by atoms with Crippen LogP contribution >= 0.6 is 23.2 Å². The fourth-order valence-electron chi connectivity index (χ4n) is 2.76. The maximum Gasteiger partial charge on any atom is 0.223 e. The van der Waals surface area contributed by atoms with Crippen molar-refractivity contribution in [2.75, 3.05) is 6.54 Å². The molecule has 114 valence electrons. The Bertz CT molecular complexity index is 686. The fraction of sp³-hybridized carbons (Fsp3) is 0.278. The Hall–Kier alpha value is -1.51. The molecule has 1 aliphatic carbocycles. The molecule has 2 atom stereocenters. The largest absolute Gasteiger partial charge is 0.356 e.